The summed E-state index contributed by atoms with van der Waals surface area (Å²) in [6, 6.07) is 0. The summed E-state index contributed by atoms with van der Waals surface area (Å²) >= 11 is 0. The second-order valence-corrected chi connectivity index (χ2v) is 1.77. The predicted octanol–water partition coefficient (Wildman–Crippen LogP) is 0.795. The van der Waals surface area contributed by atoms with Gasteiger partial charge in [0.05, 0.1) is 6.42 Å². The van der Waals surface area contributed by atoms with Gasteiger partial charge in [0.15, 0.2) is 0 Å². The Bertz CT molecular complexity index is 187. The minimum atomic E-state index is -1.01. The minimum absolute atomic E-state index is 0.225. The maximum atomic E-state index is 10.0. The zero-order valence-corrected chi connectivity index (χ0v) is 5.46. The number of carbonyl (C=O) groups is 1. The number of allylic oxidation sites excluding steroid dienone is 1. The Kier molecular flexibility index (Phi) is 3.92. The van der Waals surface area contributed by atoms with E-state index in [1.54, 1.807) is 5.94 Å². The van der Waals surface area contributed by atoms with Crippen LogP contribution >= 0.6 is 0 Å². The van der Waals surface area contributed by atoms with Crippen LogP contribution in [0.1, 0.15) is 12.8 Å². The van der Waals surface area contributed by atoms with Crippen molar-refractivity contribution in [1.82, 2.24) is 0 Å². The summed E-state index contributed by atoms with van der Waals surface area (Å²) < 4.78 is 0. The summed E-state index contributed by atoms with van der Waals surface area (Å²) in [4.78, 5) is 20.0. The average molecular weight is 140 g/mol. The molecule has 0 aliphatic rings. The first-order valence-electron chi connectivity index (χ1n) is 2.76. The van der Waals surface area contributed by atoms with Gasteiger partial charge in [0.1, 0.15) is 5.94 Å². The number of hydrogen-bond donors (Lipinski definition) is 1. The molecule has 0 saturated heterocycles. The Balaban J connectivity index is 3.97. The fourth-order valence-corrected chi connectivity index (χ4v) is 0.507. The van der Waals surface area contributed by atoms with Crippen LogP contribution in [0.2, 0.25) is 0 Å². The van der Waals surface area contributed by atoms with Crippen molar-refractivity contribution < 1.29 is 14.7 Å². The second-order valence-electron chi connectivity index (χ2n) is 1.77. The first kappa shape index (κ1) is 8.66. The van der Waals surface area contributed by atoms with Gasteiger partial charge in [0, 0.05) is 5.57 Å². The molecule has 0 aliphatic carbocycles. The first-order valence-corrected chi connectivity index (χ1v) is 2.76. The molecule has 0 aromatic rings. The van der Waals surface area contributed by atoms with Crippen LogP contribution in [0.5, 0.6) is 0 Å². The van der Waals surface area contributed by atoms with E-state index < -0.39 is 5.97 Å². The van der Waals surface area contributed by atoms with E-state index in [4.69, 9.17) is 5.11 Å². The Labute approximate surface area is 58.7 Å². The van der Waals surface area contributed by atoms with E-state index in [9.17, 15) is 9.59 Å². The fraction of sp³-hybridized carbons (Fsp3) is 0.286. The van der Waals surface area contributed by atoms with Crippen molar-refractivity contribution in [2.75, 3.05) is 0 Å². The van der Waals surface area contributed by atoms with Crippen LogP contribution in [-0.2, 0) is 9.59 Å². The topological polar surface area (TPSA) is 54.4 Å². The van der Waals surface area contributed by atoms with E-state index in [0.29, 0.717) is 6.42 Å². The first-order chi connectivity index (χ1) is 4.70. The molecule has 0 spiro atoms. The van der Waals surface area contributed by atoms with Crippen molar-refractivity contribution in [2.45, 2.75) is 12.8 Å². The number of carboxylic acid groups (broad SMARTS) is 1. The Morgan fingerprint density at radius 3 is 2.60 bits per heavy atom. The maximum absolute atomic E-state index is 10.0. The van der Waals surface area contributed by atoms with E-state index in [1.165, 1.54) is 6.08 Å². The molecule has 0 amide bonds. The highest BCUT2D eigenvalue weighted by atomic mass is 16.4. The van der Waals surface area contributed by atoms with Gasteiger partial charge in [-0.25, -0.2) is 4.79 Å². The molecule has 0 aromatic carbocycles. The van der Waals surface area contributed by atoms with Gasteiger partial charge < -0.3 is 5.11 Å². The van der Waals surface area contributed by atoms with Gasteiger partial charge in [-0.1, -0.05) is 6.08 Å². The third-order valence-electron chi connectivity index (χ3n) is 0.900. The third-order valence-corrected chi connectivity index (χ3v) is 0.900. The highest BCUT2D eigenvalue weighted by molar-refractivity contribution is 5.74. The smallest absolute Gasteiger partial charge is 0.308 e. The summed E-state index contributed by atoms with van der Waals surface area (Å²) in [5.74, 6) is 0.535. The van der Waals surface area contributed by atoms with Crippen LogP contribution in [0.4, 0.5) is 0 Å². The lowest BCUT2D eigenvalue weighted by Gasteiger charge is -1.91. The van der Waals surface area contributed by atoms with Crippen molar-refractivity contribution in [3.8, 4) is 0 Å². The van der Waals surface area contributed by atoms with E-state index in [0.717, 1.165) is 0 Å². The zero-order valence-electron chi connectivity index (χ0n) is 5.46. The van der Waals surface area contributed by atoms with Gasteiger partial charge in [-0.05, 0) is 6.42 Å². The molecular formula is C7H8O3. The molecule has 0 radical (unpaired) electrons. The van der Waals surface area contributed by atoms with Crippen molar-refractivity contribution in [3.05, 3.63) is 18.2 Å². The van der Waals surface area contributed by atoms with Gasteiger partial charge in [-0.15, -0.1) is 6.58 Å². The van der Waals surface area contributed by atoms with Crippen LogP contribution in [0.25, 0.3) is 0 Å². The molecule has 0 rings (SSSR count). The highest BCUT2D eigenvalue weighted by Gasteiger charge is 2.01. The minimum Gasteiger partial charge on any atom is -0.481 e. The molecule has 0 bridgehead atoms. The molecule has 0 atom stereocenters. The number of rotatable bonds is 4. The number of carbonyl (C=O) groups excluding carboxylic acids is 1. The van der Waals surface area contributed by atoms with Crippen LogP contribution in [-0.4, -0.2) is 17.0 Å². The maximum Gasteiger partial charge on any atom is 0.308 e. The average Bonchev–Trinajstić information content (AvgIpc) is 1.86. The zero-order chi connectivity index (χ0) is 7.98. The summed E-state index contributed by atoms with van der Waals surface area (Å²) in [7, 11) is 0. The summed E-state index contributed by atoms with van der Waals surface area (Å²) in [6.45, 7) is 3.36. The summed E-state index contributed by atoms with van der Waals surface area (Å²) in [5.41, 5.74) is 0.225. The molecule has 1 N–H and O–H groups in total. The van der Waals surface area contributed by atoms with Crippen LogP contribution in [0, 0.1) is 0 Å². The van der Waals surface area contributed by atoms with Crippen molar-refractivity contribution in [3.63, 3.8) is 0 Å². The molecular weight excluding hydrogens is 132 g/mol. The van der Waals surface area contributed by atoms with E-state index >= 15 is 0 Å². The van der Waals surface area contributed by atoms with Gasteiger partial charge in [-0.2, -0.15) is 0 Å². The number of aliphatic carboxylic acids is 1. The van der Waals surface area contributed by atoms with Crippen LogP contribution in [0.15, 0.2) is 18.2 Å². The third kappa shape index (κ3) is 3.64. The molecule has 0 aromatic heterocycles. The van der Waals surface area contributed by atoms with Crippen LogP contribution < -0.4 is 0 Å². The molecule has 0 heterocycles. The number of hydrogen-bond acceptors (Lipinski definition) is 2. The standard InChI is InChI=1S/C7H8O3/c1-2-3-6(5-8)4-7(9)10/h2H,1,3-4H2,(H,9,10). The lowest BCUT2D eigenvalue weighted by Crippen LogP contribution is -1.96. The SMILES string of the molecule is C=CCC(=C=O)CC(=O)O. The van der Waals surface area contributed by atoms with E-state index in [-0.39, 0.29) is 12.0 Å². The molecule has 10 heavy (non-hydrogen) atoms. The van der Waals surface area contributed by atoms with E-state index in [1.807, 2.05) is 0 Å². The van der Waals surface area contributed by atoms with Crippen LogP contribution in [0.3, 0.4) is 0 Å². The van der Waals surface area contributed by atoms with Gasteiger partial charge in [-0.3, -0.25) is 4.79 Å². The lowest BCUT2D eigenvalue weighted by molar-refractivity contribution is -0.136. The summed E-state index contributed by atoms with van der Waals surface area (Å²) in [5, 5.41) is 8.21. The van der Waals surface area contributed by atoms with Gasteiger partial charge >= 0.3 is 5.97 Å². The van der Waals surface area contributed by atoms with Gasteiger partial charge in [0.2, 0.25) is 0 Å². The second kappa shape index (κ2) is 4.53. The van der Waals surface area contributed by atoms with Crippen molar-refractivity contribution in [1.29, 1.82) is 0 Å². The Morgan fingerprint density at radius 1 is 1.70 bits per heavy atom. The van der Waals surface area contributed by atoms with E-state index in [2.05, 4.69) is 6.58 Å². The molecule has 3 heteroatoms. The lowest BCUT2D eigenvalue weighted by atomic mass is 10.1. The largest absolute Gasteiger partial charge is 0.481 e. The molecule has 0 fully saturated rings. The number of carboxylic acids is 1. The Morgan fingerprint density at radius 2 is 2.30 bits per heavy atom. The van der Waals surface area contributed by atoms with Crippen molar-refractivity contribution in [2.24, 2.45) is 0 Å². The predicted molar refractivity (Wildman–Crippen MR) is 36.3 cm³/mol. The summed E-state index contributed by atoms with van der Waals surface area (Å²) in [6.07, 6.45) is 1.54. The molecule has 0 saturated carbocycles. The Hall–Kier alpha value is -1.34. The fourth-order valence-electron chi connectivity index (χ4n) is 0.507. The van der Waals surface area contributed by atoms with Gasteiger partial charge in [0.25, 0.3) is 0 Å². The monoisotopic (exact) mass is 140 g/mol. The highest BCUT2D eigenvalue weighted by Crippen LogP contribution is 2.01. The van der Waals surface area contributed by atoms with Crippen molar-refractivity contribution >= 4 is 11.9 Å². The quantitative estimate of drug-likeness (QED) is 0.464. The molecule has 0 unspecified atom stereocenters. The molecule has 54 valence electrons. The molecule has 0 aliphatic heterocycles. The normalized spacial score (nSPS) is 8.00. The molecule has 3 nitrogen and oxygen atoms in total.